The zero-order chi connectivity index (χ0) is 26.1. The summed E-state index contributed by atoms with van der Waals surface area (Å²) in [6.45, 7) is 0.794. The summed E-state index contributed by atoms with van der Waals surface area (Å²) in [5, 5.41) is 15.4. The van der Waals surface area contributed by atoms with Crippen molar-refractivity contribution >= 4 is 39.7 Å². The van der Waals surface area contributed by atoms with E-state index in [1.54, 1.807) is 30.3 Å². The van der Waals surface area contributed by atoms with Crippen molar-refractivity contribution in [2.75, 3.05) is 11.9 Å². The third kappa shape index (κ3) is 7.32. The molecule has 0 aliphatic heterocycles. The summed E-state index contributed by atoms with van der Waals surface area (Å²) in [7, 11) is -4.08. The summed E-state index contributed by atoms with van der Waals surface area (Å²) < 4.78 is 27.8. The maximum absolute atomic E-state index is 13.4. The Labute approximate surface area is 208 Å². The van der Waals surface area contributed by atoms with Crippen molar-refractivity contribution in [3.8, 4) is 0 Å². The summed E-state index contributed by atoms with van der Waals surface area (Å²) in [5.41, 5.74) is 4.09. The van der Waals surface area contributed by atoms with Gasteiger partial charge in [-0.3, -0.25) is 9.59 Å². The lowest BCUT2D eigenvalue weighted by Crippen LogP contribution is -2.39. The first-order valence-electron chi connectivity index (χ1n) is 10.7. The van der Waals surface area contributed by atoms with Crippen molar-refractivity contribution in [1.29, 1.82) is 0 Å². The monoisotopic (exact) mass is 508 g/mol. The molecular weight excluding hydrogens is 484 g/mol. The van der Waals surface area contributed by atoms with Gasteiger partial charge in [-0.25, -0.2) is 18.6 Å². The number of hydrazone groups is 1. The van der Waals surface area contributed by atoms with Gasteiger partial charge in [-0.05, 0) is 47.5 Å². The van der Waals surface area contributed by atoms with Crippen molar-refractivity contribution in [1.82, 2.24) is 9.73 Å². The molecule has 36 heavy (non-hydrogen) atoms. The van der Waals surface area contributed by atoms with Crippen LogP contribution in [0, 0.1) is 0 Å². The molecule has 3 N–H and O–H groups in total. The fourth-order valence-electron chi connectivity index (χ4n) is 3.16. The van der Waals surface area contributed by atoms with E-state index in [1.165, 1.54) is 61.7 Å². The number of sulfonamides is 1. The highest BCUT2D eigenvalue weighted by atomic mass is 32.2. The maximum atomic E-state index is 13.4. The fourth-order valence-corrected chi connectivity index (χ4v) is 4.55. The molecule has 10 nitrogen and oxygen atoms in total. The smallest absolute Gasteiger partial charge is 0.335 e. The number of amides is 2. The van der Waals surface area contributed by atoms with Gasteiger partial charge >= 0.3 is 5.97 Å². The molecule has 0 aliphatic rings. The number of nitrogens with zero attached hydrogens (tertiary/aromatic N) is 2. The molecule has 0 radical (unpaired) electrons. The predicted octanol–water partition coefficient (Wildman–Crippen LogP) is 2.68. The molecule has 186 valence electrons. The van der Waals surface area contributed by atoms with Crippen LogP contribution in [0.1, 0.15) is 28.4 Å². The third-order valence-electron chi connectivity index (χ3n) is 4.89. The van der Waals surface area contributed by atoms with Gasteiger partial charge in [0.25, 0.3) is 5.91 Å². The lowest BCUT2D eigenvalue weighted by molar-refractivity contribution is -0.121. The first-order valence-corrected chi connectivity index (χ1v) is 12.2. The van der Waals surface area contributed by atoms with Crippen LogP contribution in [0.25, 0.3) is 0 Å². The van der Waals surface area contributed by atoms with Crippen molar-refractivity contribution in [2.24, 2.45) is 5.10 Å². The van der Waals surface area contributed by atoms with E-state index in [0.717, 1.165) is 4.31 Å². The van der Waals surface area contributed by atoms with Crippen LogP contribution in [0.4, 0.5) is 5.69 Å². The van der Waals surface area contributed by atoms with Crippen LogP contribution in [0.2, 0.25) is 0 Å². The fraction of sp³-hybridized carbons (Fsp3) is 0.120. The van der Waals surface area contributed by atoms with Gasteiger partial charge in [-0.2, -0.15) is 9.41 Å². The molecular formula is C25H24N4O6S. The minimum Gasteiger partial charge on any atom is -0.478 e. The number of carboxylic acids is 1. The number of hydrogen-bond acceptors (Lipinski definition) is 6. The number of rotatable bonds is 10. The molecule has 0 saturated heterocycles. The van der Waals surface area contributed by atoms with Crippen molar-refractivity contribution in [3.05, 3.63) is 95.6 Å². The Balaban J connectivity index is 1.75. The van der Waals surface area contributed by atoms with Crippen LogP contribution in [0.5, 0.6) is 0 Å². The zero-order valence-corrected chi connectivity index (χ0v) is 20.1. The molecule has 0 heterocycles. The first-order chi connectivity index (χ1) is 17.1. The normalized spacial score (nSPS) is 11.4. The van der Waals surface area contributed by atoms with Gasteiger partial charge in [0.1, 0.15) is 0 Å². The number of anilines is 1. The van der Waals surface area contributed by atoms with E-state index >= 15 is 0 Å². The molecule has 3 aromatic carbocycles. The molecule has 11 heteroatoms. The molecule has 0 atom stereocenters. The second-order valence-corrected chi connectivity index (χ2v) is 9.62. The number of nitrogens with one attached hydrogen (secondary N) is 2. The topological polar surface area (TPSA) is 145 Å². The van der Waals surface area contributed by atoms with Gasteiger partial charge in [0.15, 0.2) is 0 Å². The van der Waals surface area contributed by atoms with Crippen molar-refractivity contribution in [3.63, 3.8) is 0 Å². The van der Waals surface area contributed by atoms with Crippen LogP contribution >= 0.6 is 0 Å². The number of carbonyl (C=O) groups is 3. The van der Waals surface area contributed by atoms with Gasteiger partial charge < -0.3 is 10.4 Å². The largest absolute Gasteiger partial charge is 0.478 e. The third-order valence-corrected chi connectivity index (χ3v) is 6.70. The van der Waals surface area contributed by atoms with Crippen LogP contribution in [-0.2, 0) is 26.2 Å². The SMILES string of the molecule is CC(=O)Nc1ccc(S(=O)(=O)N(CC(=O)N/N=C\c2ccc(C(=O)O)cc2)Cc2ccccc2)cc1. The van der Waals surface area contributed by atoms with Gasteiger partial charge in [0.05, 0.1) is 23.2 Å². The highest BCUT2D eigenvalue weighted by molar-refractivity contribution is 7.89. The number of benzene rings is 3. The lowest BCUT2D eigenvalue weighted by atomic mass is 10.1. The van der Waals surface area contributed by atoms with E-state index in [0.29, 0.717) is 16.8 Å². The molecule has 2 amide bonds. The Kier molecular flexibility index (Phi) is 8.66. The Morgan fingerprint density at radius 3 is 2.17 bits per heavy atom. The summed E-state index contributed by atoms with van der Waals surface area (Å²) in [4.78, 5) is 34.7. The standard InChI is InChI=1S/C25H24N4O6S/c1-18(30)27-22-11-13-23(14-12-22)36(34,35)29(16-20-5-3-2-4-6-20)17-24(31)28-26-15-19-7-9-21(10-8-19)25(32)33/h2-15H,16-17H2,1H3,(H,27,30)(H,28,31)(H,32,33)/b26-15-. The molecule has 3 rings (SSSR count). The van der Waals surface area contributed by atoms with E-state index in [4.69, 9.17) is 5.11 Å². The van der Waals surface area contributed by atoms with E-state index in [2.05, 4.69) is 15.8 Å². The highest BCUT2D eigenvalue weighted by Crippen LogP contribution is 2.20. The Bertz CT molecular complexity index is 1360. The molecule has 0 fully saturated rings. The number of carboxylic acid groups (broad SMARTS) is 1. The Hall–Kier alpha value is -4.35. The van der Waals surface area contributed by atoms with Gasteiger partial charge in [0, 0.05) is 19.2 Å². The summed E-state index contributed by atoms with van der Waals surface area (Å²) in [5.74, 6) is -2.01. The summed E-state index contributed by atoms with van der Waals surface area (Å²) in [6.07, 6.45) is 1.32. The second kappa shape index (κ2) is 11.9. The van der Waals surface area contributed by atoms with Crippen LogP contribution < -0.4 is 10.7 Å². The molecule has 0 aliphatic carbocycles. The Morgan fingerprint density at radius 1 is 0.944 bits per heavy atom. The molecule has 0 aromatic heterocycles. The number of aromatic carboxylic acids is 1. The average Bonchev–Trinajstić information content (AvgIpc) is 2.84. The first kappa shape index (κ1) is 26.3. The van der Waals surface area contributed by atoms with Crippen molar-refractivity contribution in [2.45, 2.75) is 18.4 Å². The van der Waals surface area contributed by atoms with Crippen LogP contribution in [-0.4, -0.2) is 48.4 Å². The van der Waals surface area contributed by atoms with Crippen LogP contribution in [0.3, 0.4) is 0 Å². The van der Waals surface area contributed by atoms with Gasteiger partial charge in [-0.15, -0.1) is 0 Å². The zero-order valence-electron chi connectivity index (χ0n) is 19.3. The highest BCUT2D eigenvalue weighted by Gasteiger charge is 2.27. The molecule has 3 aromatic rings. The number of hydrogen-bond donors (Lipinski definition) is 3. The molecule has 0 spiro atoms. The van der Waals surface area contributed by atoms with E-state index in [9.17, 15) is 22.8 Å². The van der Waals surface area contributed by atoms with Crippen LogP contribution in [0.15, 0.2) is 88.9 Å². The van der Waals surface area contributed by atoms with Crippen molar-refractivity contribution < 1.29 is 27.9 Å². The quantitative estimate of drug-likeness (QED) is 0.284. The summed E-state index contributed by atoms with van der Waals surface area (Å²) >= 11 is 0. The number of carbonyl (C=O) groups excluding carboxylic acids is 2. The van der Waals surface area contributed by atoms with E-state index in [-0.39, 0.29) is 22.9 Å². The second-order valence-electron chi connectivity index (χ2n) is 7.68. The molecule has 0 unspecified atom stereocenters. The predicted molar refractivity (Wildman–Crippen MR) is 134 cm³/mol. The van der Waals surface area contributed by atoms with Gasteiger partial charge in [-0.1, -0.05) is 42.5 Å². The summed E-state index contributed by atoms with van der Waals surface area (Å²) in [6, 6.07) is 20.3. The van der Waals surface area contributed by atoms with E-state index < -0.39 is 28.4 Å². The maximum Gasteiger partial charge on any atom is 0.335 e. The van der Waals surface area contributed by atoms with E-state index in [1.807, 2.05) is 0 Å². The molecule has 0 saturated carbocycles. The Morgan fingerprint density at radius 2 is 1.58 bits per heavy atom. The minimum atomic E-state index is -4.08. The van der Waals surface area contributed by atoms with Gasteiger partial charge in [0.2, 0.25) is 15.9 Å². The lowest BCUT2D eigenvalue weighted by Gasteiger charge is -2.21. The molecule has 0 bridgehead atoms. The minimum absolute atomic E-state index is 0.0395. The average molecular weight is 509 g/mol.